The molecule has 0 amide bonds. The predicted molar refractivity (Wildman–Crippen MR) is 61.2 cm³/mol. The molecule has 3 nitrogen and oxygen atoms in total. The van der Waals surface area contributed by atoms with Crippen molar-refractivity contribution in [3.8, 4) is 5.75 Å². The number of benzene rings is 1. The Morgan fingerprint density at radius 1 is 1.50 bits per heavy atom. The summed E-state index contributed by atoms with van der Waals surface area (Å²) in [5.41, 5.74) is 6.73. The average Bonchev–Trinajstić information content (AvgIpc) is 2.57. The third-order valence-corrected chi connectivity index (χ3v) is 3.18. The molecule has 1 saturated heterocycles. The summed E-state index contributed by atoms with van der Waals surface area (Å²) in [5.74, 6) is 0.381. The summed E-state index contributed by atoms with van der Waals surface area (Å²) in [7, 11) is 1.53. The summed E-state index contributed by atoms with van der Waals surface area (Å²) in [4.78, 5) is 0. The molecular formula is C12H17FN2O. The van der Waals surface area contributed by atoms with E-state index in [9.17, 15) is 4.39 Å². The lowest BCUT2D eigenvalue weighted by atomic mass is 9.84. The van der Waals surface area contributed by atoms with Crippen molar-refractivity contribution in [3.63, 3.8) is 0 Å². The highest BCUT2D eigenvalue weighted by Crippen LogP contribution is 2.32. The van der Waals surface area contributed by atoms with Crippen molar-refractivity contribution in [3.05, 3.63) is 29.6 Å². The van der Waals surface area contributed by atoms with Gasteiger partial charge in [-0.05, 0) is 24.6 Å². The maximum Gasteiger partial charge on any atom is 0.127 e. The molecule has 1 aliphatic heterocycles. The Balaban J connectivity index is 2.36. The van der Waals surface area contributed by atoms with E-state index in [-0.39, 0.29) is 17.3 Å². The highest BCUT2D eigenvalue weighted by atomic mass is 19.1. The van der Waals surface area contributed by atoms with E-state index in [1.807, 2.05) is 13.0 Å². The molecule has 1 aromatic rings. The van der Waals surface area contributed by atoms with Crippen LogP contribution in [-0.4, -0.2) is 25.7 Å². The van der Waals surface area contributed by atoms with E-state index in [0.29, 0.717) is 5.75 Å². The second-order valence-corrected chi connectivity index (χ2v) is 4.61. The maximum atomic E-state index is 13.4. The number of rotatable bonds is 2. The second kappa shape index (κ2) is 4.03. The van der Waals surface area contributed by atoms with Crippen LogP contribution in [0.25, 0.3) is 0 Å². The first kappa shape index (κ1) is 11.4. The quantitative estimate of drug-likeness (QED) is 0.794. The SMILES string of the molecule is COc1cc(F)cc([C@@H]2CNC[C@@]2(C)N)c1. The Bertz CT molecular complexity index is 393. The van der Waals surface area contributed by atoms with E-state index in [4.69, 9.17) is 10.5 Å². The van der Waals surface area contributed by atoms with Gasteiger partial charge in [-0.2, -0.15) is 0 Å². The van der Waals surface area contributed by atoms with Crippen LogP contribution < -0.4 is 15.8 Å². The summed E-state index contributed by atoms with van der Waals surface area (Å²) in [6.45, 7) is 3.51. The van der Waals surface area contributed by atoms with E-state index < -0.39 is 0 Å². The summed E-state index contributed by atoms with van der Waals surface area (Å²) in [6.07, 6.45) is 0. The molecule has 1 fully saturated rings. The van der Waals surface area contributed by atoms with Crippen LogP contribution in [0.1, 0.15) is 18.4 Å². The highest BCUT2D eigenvalue weighted by molar-refractivity contribution is 5.35. The Labute approximate surface area is 94.8 Å². The van der Waals surface area contributed by atoms with Gasteiger partial charge in [0, 0.05) is 30.6 Å². The zero-order valence-electron chi connectivity index (χ0n) is 9.59. The van der Waals surface area contributed by atoms with Gasteiger partial charge in [-0.15, -0.1) is 0 Å². The fourth-order valence-corrected chi connectivity index (χ4v) is 2.24. The minimum absolute atomic E-state index is 0.122. The normalized spacial score (nSPS) is 29.4. The van der Waals surface area contributed by atoms with Crippen LogP contribution in [0.4, 0.5) is 4.39 Å². The lowest BCUT2D eigenvalue weighted by molar-refractivity contribution is 0.407. The van der Waals surface area contributed by atoms with Gasteiger partial charge in [-0.25, -0.2) is 4.39 Å². The third-order valence-electron chi connectivity index (χ3n) is 3.18. The van der Waals surface area contributed by atoms with E-state index in [0.717, 1.165) is 18.7 Å². The van der Waals surface area contributed by atoms with Gasteiger partial charge in [0.05, 0.1) is 7.11 Å². The molecule has 88 valence electrons. The van der Waals surface area contributed by atoms with Crippen molar-refractivity contribution < 1.29 is 9.13 Å². The number of nitrogens with one attached hydrogen (secondary N) is 1. The fourth-order valence-electron chi connectivity index (χ4n) is 2.24. The zero-order chi connectivity index (χ0) is 11.8. The number of ether oxygens (including phenoxy) is 1. The topological polar surface area (TPSA) is 47.3 Å². The molecule has 1 aromatic carbocycles. The lowest BCUT2D eigenvalue weighted by Gasteiger charge is -2.26. The van der Waals surface area contributed by atoms with Gasteiger partial charge < -0.3 is 15.8 Å². The molecule has 0 aromatic heterocycles. The molecule has 1 aliphatic rings. The number of nitrogens with two attached hydrogens (primary N) is 1. The summed E-state index contributed by atoms with van der Waals surface area (Å²) in [5, 5.41) is 3.23. The summed E-state index contributed by atoms with van der Waals surface area (Å²) in [6, 6.07) is 4.76. The van der Waals surface area contributed by atoms with Gasteiger partial charge >= 0.3 is 0 Å². The van der Waals surface area contributed by atoms with Crippen LogP contribution >= 0.6 is 0 Å². The predicted octanol–water partition coefficient (Wildman–Crippen LogP) is 1.24. The van der Waals surface area contributed by atoms with Crippen molar-refractivity contribution in [1.29, 1.82) is 0 Å². The summed E-state index contributed by atoms with van der Waals surface area (Å²) < 4.78 is 18.4. The van der Waals surface area contributed by atoms with Crippen LogP contribution in [0.3, 0.4) is 0 Å². The van der Waals surface area contributed by atoms with Crippen molar-refractivity contribution in [2.45, 2.75) is 18.4 Å². The maximum absolute atomic E-state index is 13.4. The molecule has 0 spiro atoms. The van der Waals surface area contributed by atoms with Crippen LogP contribution in [0.2, 0.25) is 0 Å². The van der Waals surface area contributed by atoms with Gasteiger partial charge in [0.2, 0.25) is 0 Å². The van der Waals surface area contributed by atoms with Crippen molar-refractivity contribution in [2.24, 2.45) is 5.73 Å². The molecule has 0 aliphatic carbocycles. The van der Waals surface area contributed by atoms with E-state index in [2.05, 4.69) is 5.32 Å². The van der Waals surface area contributed by atoms with Crippen molar-refractivity contribution in [2.75, 3.05) is 20.2 Å². The smallest absolute Gasteiger partial charge is 0.127 e. The molecule has 3 N–H and O–H groups in total. The molecule has 0 saturated carbocycles. The van der Waals surface area contributed by atoms with Crippen LogP contribution in [-0.2, 0) is 0 Å². The molecule has 4 heteroatoms. The minimum atomic E-state index is -0.335. The molecule has 16 heavy (non-hydrogen) atoms. The molecule has 0 radical (unpaired) electrons. The number of methoxy groups -OCH3 is 1. The zero-order valence-corrected chi connectivity index (χ0v) is 9.59. The molecular weight excluding hydrogens is 207 g/mol. The van der Waals surface area contributed by atoms with E-state index >= 15 is 0 Å². The average molecular weight is 224 g/mol. The standard InChI is InChI=1S/C12H17FN2O/c1-12(14)7-15-6-11(12)8-3-9(13)5-10(4-8)16-2/h3-5,11,15H,6-7,14H2,1-2H3/t11-,12+/m0/s1. The Morgan fingerprint density at radius 2 is 2.25 bits per heavy atom. The Hall–Kier alpha value is -1.13. The molecule has 2 atom stereocenters. The molecule has 2 rings (SSSR count). The monoisotopic (exact) mass is 224 g/mol. The van der Waals surface area contributed by atoms with E-state index in [1.165, 1.54) is 19.2 Å². The van der Waals surface area contributed by atoms with Gasteiger partial charge in [-0.3, -0.25) is 0 Å². The summed E-state index contributed by atoms with van der Waals surface area (Å²) >= 11 is 0. The van der Waals surface area contributed by atoms with Gasteiger partial charge in [0.15, 0.2) is 0 Å². The first-order chi connectivity index (χ1) is 7.53. The number of halogens is 1. The third kappa shape index (κ3) is 2.03. The Kier molecular flexibility index (Phi) is 2.86. The molecule has 1 heterocycles. The van der Waals surface area contributed by atoms with Crippen LogP contribution in [0.15, 0.2) is 18.2 Å². The highest BCUT2D eigenvalue weighted by Gasteiger charge is 2.36. The largest absolute Gasteiger partial charge is 0.497 e. The second-order valence-electron chi connectivity index (χ2n) is 4.61. The first-order valence-electron chi connectivity index (χ1n) is 5.37. The minimum Gasteiger partial charge on any atom is -0.497 e. The van der Waals surface area contributed by atoms with Crippen LogP contribution in [0, 0.1) is 5.82 Å². The lowest BCUT2D eigenvalue weighted by Crippen LogP contribution is -2.42. The van der Waals surface area contributed by atoms with Gasteiger partial charge in [0.25, 0.3) is 0 Å². The Morgan fingerprint density at radius 3 is 2.81 bits per heavy atom. The number of hydrogen-bond donors (Lipinski definition) is 2. The molecule has 0 unspecified atom stereocenters. The van der Waals surface area contributed by atoms with Gasteiger partial charge in [-0.1, -0.05) is 0 Å². The van der Waals surface area contributed by atoms with Crippen molar-refractivity contribution >= 4 is 0 Å². The first-order valence-corrected chi connectivity index (χ1v) is 5.37. The van der Waals surface area contributed by atoms with Crippen molar-refractivity contribution in [1.82, 2.24) is 5.32 Å². The van der Waals surface area contributed by atoms with Gasteiger partial charge in [0.1, 0.15) is 11.6 Å². The molecule has 0 bridgehead atoms. The van der Waals surface area contributed by atoms with E-state index in [1.54, 1.807) is 0 Å². The fraction of sp³-hybridized carbons (Fsp3) is 0.500. The number of hydrogen-bond acceptors (Lipinski definition) is 3. The van der Waals surface area contributed by atoms with Crippen LogP contribution in [0.5, 0.6) is 5.75 Å².